The average molecular weight is 350 g/mol. The maximum absolute atomic E-state index is 12.2. The average Bonchev–Trinajstić information content (AvgIpc) is 3.11. The van der Waals surface area contributed by atoms with E-state index < -0.39 is 23.7 Å². The molecule has 0 radical (unpaired) electrons. The lowest BCUT2D eigenvalue weighted by atomic mass is 9.98. The third-order valence-corrected chi connectivity index (χ3v) is 5.80. The zero-order valence-electron chi connectivity index (χ0n) is 13.2. The second-order valence-corrected chi connectivity index (χ2v) is 7.05. The molecule has 0 spiro atoms. The molecule has 10 heteroatoms. The van der Waals surface area contributed by atoms with Crippen LogP contribution in [0.15, 0.2) is 11.5 Å². The third kappa shape index (κ3) is 1.78. The molecule has 0 aliphatic heterocycles. The topological polar surface area (TPSA) is 139 Å². The summed E-state index contributed by atoms with van der Waals surface area (Å²) in [5, 5.41) is 24.1. The summed E-state index contributed by atoms with van der Waals surface area (Å²) in [5.41, 5.74) is 5.95. The number of fused-ring (bicyclic) bond motifs is 2. The number of carbonyl (C=O) groups is 1. The quantitative estimate of drug-likeness (QED) is 0.415. The van der Waals surface area contributed by atoms with Gasteiger partial charge in [-0.1, -0.05) is 11.8 Å². The molecule has 2 aliphatic rings. The van der Waals surface area contributed by atoms with Crippen LogP contribution in [0.25, 0.3) is 11.2 Å². The molecule has 2 aromatic heterocycles. The van der Waals surface area contributed by atoms with Crippen molar-refractivity contribution in [2.75, 3.05) is 19.0 Å². The number of nitrogens with one attached hydrogen (secondary N) is 1. The fourth-order valence-corrected chi connectivity index (χ4v) is 4.38. The van der Waals surface area contributed by atoms with Crippen molar-refractivity contribution in [2.24, 2.45) is 11.3 Å². The Morgan fingerprint density at radius 1 is 1.50 bits per heavy atom. The number of nitrogens with two attached hydrogens (primary N) is 1. The smallest absolute Gasteiger partial charge is 0.229 e. The molecular weight excluding hydrogens is 332 g/mol. The van der Waals surface area contributed by atoms with Gasteiger partial charge in [0.2, 0.25) is 5.91 Å². The summed E-state index contributed by atoms with van der Waals surface area (Å²) >= 11 is 1.35. The van der Waals surface area contributed by atoms with Gasteiger partial charge in [-0.05, 0) is 12.7 Å². The lowest BCUT2D eigenvalue weighted by Gasteiger charge is -2.23. The second-order valence-electron chi connectivity index (χ2n) is 6.28. The summed E-state index contributed by atoms with van der Waals surface area (Å²) in [6, 6.07) is -0.480. The number of amides is 1. The minimum atomic E-state index is -1.12. The predicted molar refractivity (Wildman–Crippen MR) is 87.2 cm³/mol. The fraction of sp³-hybridized carbons (Fsp3) is 0.571. The Bertz CT molecular complexity index is 841. The van der Waals surface area contributed by atoms with Crippen molar-refractivity contribution in [1.82, 2.24) is 24.8 Å². The molecule has 4 rings (SSSR count). The van der Waals surface area contributed by atoms with Gasteiger partial charge in [-0.25, -0.2) is 15.0 Å². The Hall–Kier alpha value is -1.91. The molecule has 2 fully saturated rings. The van der Waals surface area contributed by atoms with E-state index >= 15 is 0 Å². The minimum Gasteiger partial charge on any atom is -0.389 e. The molecule has 2 saturated carbocycles. The van der Waals surface area contributed by atoms with Crippen molar-refractivity contribution in [3.8, 4) is 0 Å². The molecule has 2 heterocycles. The number of aliphatic hydroxyl groups excluding tert-OH is 2. The van der Waals surface area contributed by atoms with Gasteiger partial charge in [0.05, 0.1) is 23.9 Å². The minimum absolute atomic E-state index is 0.172. The van der Waals surface area contributed by atoms with Gasteiger partial charge in [-0.3, -0.25) is 4.79 Å². The van der Waals surface area contributed by atoms with Gasteiger partial charge in [-0.2, -0.15) is 0 Å². The highest BCUT2D eigenvalue weighted by atomic mass is 32.2. The number of rotatable bonds is 3. The van der Waals surface area contributed by atoms with Gasteiger partial charge in [0.15, 0.2) is 16.6 Å². The molecule has 2 aliphatic carbocycles. The predicted octanol–water partition coefficient (Wildman–Crippen LogP) is -0.841. The number of imidazole rings is 1. The van der Waals surface area contributed by atoms with Gasteiger partial charge in [-0.15, -0.1) is 0 Å². The van der Waals surface area contributed by atoms with Gasteiger partial charge in [0, 0.05) is 13.0 Å². The van der Waals surface area contributed by atoms with Crippen LogP contribution in [-0.2, 0) is 4.79 Å². The lowest BCUT2D eigenvalue weighted by molar-refractivity contribution is -0.132. The SMILES string of the molecule is CNC(=O)C12CC1C(n1cnc3c(N)nc(SC)nc31)C(O)C2O. The molecule has 9 nitrogen and oxygen atoms in total. The molecule has 0 saturated heterocycles. The monoisotopic (exact) mass is 350 g/mol. The molecule has 5 unspecified atom stereocenters. The molecule has 5 atom stereocenters. The van der Waals surface area contributed by atoms with E-state index in [-0.39, 0.29) is 17.6 Å². The number of aliphatic hydroxyl groups is 2. The third-order valence-electron chi connectivity index (χ3n) is 5.25. The number of thioether (sulfide) groups is 1. The van der Waals surface area contributed by atoms with Crippen molar-refractivity contribution in [3.63, 3.8) is 0 Å². The molecule has 5 N–H and O–H groups in total. The van der Waals surface area contributed by atoms with Crippen molar-refractivity contribution >= 4 is 34.7 Å². The first-order valence-electron chi connectivity index (χ1n) is 7.58. The Balaban J connectivity index is 1.82. The van der Waals surface area contributed by atoms with Gasteiger partial charge >= 0.3 is 0 Å². The van der Waals surface area contributed by atoms with Crippen molar-refractivity contribution in [2.45, 2.75) is 29.8 Å². The molecule has 0 aromatic carbocycles. The Morgan fingerprint density at radius 3 is 2.92 bits per heavy atom. The molecule has 2 aromatic rings. The Labute approximate surface area is 141 Å². The molecular formula is C14H18N6O3S. The van der Waals surface area contributed by atoms with E-state index in [0.29, 0.717) is 22.7 Å². The second kappa shape index (κ2) is 5.04. The number of carbonyl (C=O) groups excluding carboxylic acids is 1. The molecule has 24 heavy (non-hydrogen) atoms. The Morgan fingerprint density at radius 2 is 2.25 bits per heavy atom. The highest BCUT2D eigenvalue weighted by Crippen LogP contribution is 2.67. The first kappa shape index (κ1) is 15.6. The van der Waals surface area contributed by atoms with Gasteiger partial charge < -0.3 is 25.8 Å². The summed E-state index contributed by atoms with van der Waals surface area (Å²) in [6.45, 7) is 0. The lowest BCUT2D eigenvalue weighted by Crippen LogP contribution is -2.41. The van der Waals surface area contributed by atoms with Crippen molar-refractivity contribution < 1.29 is 15.0 Å². The molecule has 0 bridgehead atoms. The summed E-state index contributed by atoms with van der Waals surface area (Å²) < 4.78 is 1.71. The van der Waals surface area contributed by atoms with Gasteiger partial charge in [0.1, 0.15) is 11.6 Å². The van der Waals surface area contributed by atoms with Crippen molar-refractivity contribution in [3.05, 3.63) is 6.33 Å². The van der Waals surface area contributed by atoms with Crippen LogP contribution in [0, 0.1) is 11.3 Å². The first-order valence-corrected chi connectivity index (χ1v) is 8.80. The maximum Gasteiger partial charge on any atom is 0.229 e. The van der Waals surface area contributed by atoms with Crippen LogP contribution >= 0.6 is 11.8 Å². The van der Waals surface area contributed by atoms with Crippen LogP contribution in [0.4, 0.5) is 5.82 Å². The highest BCUT2D eigenvalue weighted by molar-refractivity contribution is 7.98. The van der Waals surface area contributed by atoms with E-state index in [2.05, 4.69) is 20.3 Å². The molecule has 1 amide bonds. The summed E-state index contributed by atoms with van der Waals surface area (Å²) in [5.74, 6) is -0.150. The zero-order valence-corrected chi connectivity index (χ0v) is 14.0. The van der Waals surface area contributed by atoms with E-state index in [1.807, 2.05) is 6.26 Å². The highest BCUT2D eigenvalue weighted by Gasteiger charge is 2.75. The van der Waals surface area contributed by atoms with Crippen LogP contribution in [0.1, 0.15) is 12.5 Å². The number of hydrogen-bond acceptors (Lipinski definition) is 8. The number of anilines is 1. The van der Waals surface area contributed by atoms with E-state index in [1.54, 1.807) is 10.9 Å². The Kier molecular flexibility index (Phi) is 3.28. The normalized spacial score (nSPS) is 34.3. The van der Waals surface area contributed by atoms with E-state index in [4.69, 9.17) is 5.73 Å². The zero-order chi connectivity index (χ0) is 17.2. The van der Waals surface area contributed by atoms with Crippen LogP contribution in [0.2, 0.25) is 0 Å². The number of aromatic nitrogens is 4. The fourth-order valence-electron chi connectivity index (χ4n) is 4.01. The van der Waals surface area contributed by atoms with Crippen LogP contribution in [0.5, 0.6) is 0 Å². The van der Waals surface area contributed by atoms with Crippen molar-refractivity contribution in [1.29, 1.82) is 0 Å². The first-order chi connectivity index (χ1) is 11.5. The van der Waals surface area contributed by atoms with Crippen LogP contribution in [0.3, 0.4) is 0 Å². The van der Waals surface area contributed by atoms with E-state index in [9.17, 15) is 15.0 Å². The summed E-state index contributed by atoms with van der Waals surface area (Å²) in [7, 11) is 1.53. The number of nitrogen functional groups attached to an aromatic ring is 1. The van der Waals surface area contributed by atoms with Crippen LogP contribution < -0.4 is 11.1 Å². The summed E-state index contributed by atoms with van der Waals surface area (Å²) in [6.07, 6.45) is 1.70. The van der Waals surface area contributed by atoms with E-state index in [1.165, 1.54) is 18.8 Å². The number of nitrogens with zero attached hydrogens (tertiary/aromatic N) is 4. The largest absolute Gasteiger partial charge is 0.389 e. The van der Waals surface area contributed by atoms with Gasteiger partial charge in [0.25, 0.3) is 0 Å². The van der Waals surface area contributed by atoms with E-state index in [0.717, 1.165) is 0 Å². The number of hydrogen-bond donors (Lipinski definition) is 4. The molecule has 128 valence electrons. The van der Waals surface area contributed by atoms with Crippen LogP contribution in [-0.4, -0.2) is 61.2 Å². The standard InChI is InChI=1S/C14H18N6O3S/c1-16-12(23)14-3-5(14)7(8(21)9(14)22)20-4-17-6-10(15)18-13(24-2)19-11(6)20/h4-5,7-9,21-22H,3H2,1-2H3,(H,16,23)(H2,15,18,19). The maximum atomic E-state index is 12.2. The summed E-state index contributed by atoms with van der Waals surface area (Å²) in [4.78, 5) is 25.1.